The topological polar surface area (TPSA) is 35.2 Å². The van der Waals surface area contributed by atoms with Crippen molar-refractivity contribution in [2.24, 2.45) is 11.1 Å². The first-order chi connectivity index (χ1) is 6.41. The van der Waals surface area contributed by atoms with Gasteiger partial charge in [0, 0.05) is 23.7 Å². The summed E-state index contributed by atoms with van der Waals surface area (Å²) in [6, 6.07) is 0.278. The van der Waals surface area contributed by atoms with Crippen molar-refractivity contribution >= 4 is 11.8 Å². The third-order valence-electron chi connectivity index (χ3n) is 2.91. The van der Waals surface area contributed by atoms with Gasteiger partial charge in [0.05, 0.1) is 6.10 Å². The molecule has 0 aromatic carbocycles. The molecule has 1 heterocycles. The highest BCUT2D eigenvalue weighted by molar-refractivity contribution is 8.00. The van der Waals surface area contributed by atoms with Crippen LogP contribution in [0.15, 0.2) is 0 Å². The molecule has 3 atom stereocenters. The number of ether oxygens (including phenoxy) is 1. The van der Waals surface area contributed by atoms with E-state index in [1.165, 1.54) is 6.42 Å². The molecule has 2 nitrogen and oxygen atoms in total. The average Bonchev–Trinajstić information content (AvgIpc) is 2.45. The van der Waals surface area contributed by atoms with Crippen LogP contribution in [0.3, 0.4) is 0 Å². The monoisotopic (exact) mass is 217 g/mol. The van der Waals surface area contributed by atoms with Gasteiger partial charge in [-0.05, 0) is 18.8 Å². The minimum absolute atomic E-state index is 0.218. The lowest BCUT2D eigenvalue weighted by atomic mass is 9.89. The SMILES string of the molecule is CC1OCCC1SCC(N)C(C)(C)C. The van der Waals surface area contributed by atoms with Gasteiger partial charge in [-0.3, -0.25) is 0 Å². The Morgan fingerprint density at radius 1 is 1.50 bits per heavy atom. The molecular weight excluding hydrogens is 194 g/mol. The second-order valence-electron chi connectivity index (χ2n) is 5.21. The first-order valence-electron chi connectivity index (χ1n) is 5.40. The summed E-state index contributed by atoms with van der Waals surface area (Å²) < 4.78 is 5.52. The van der Waals surface area contributed by atoms with E-state index in [9.17, 15) is 0 Å². The zero-order chi connectivity index (χ0) is 10.8. The third kappa shape index (κ3) is 3.44. The van der Waals surface area contributed by atoms with Crippen LogP contribution in [0, 0.1) is 5.41 Å². The fourth-order valence-corrected chi connectivity index (χ4v) is 2.98. The summed E-state index contributed by atoms with van der Waals surface area (Å²) >= 11 is 1.98. The molecule has 1 fully saturated rings. The van der Waals surface area contributed by atoms with E-state index >= 15 is 0 Å². The highest BCUT2D eigenvalue weighted by Gasteiger charge is 2.27. The van der Waals surface area contributed by atoms with Crippen molar-refractivity contribution in [1.82, 2.24) is 0 Å². The highest BCUT2D eigenvalue weighted by Crippen LogP contribution is 2.29. The lowest BCUT2D eigenvalue weighted by Gasteiger charge is -2.28. The Kier molecular flexibility index (Phi) is 4.29. The highest BCUT2D eigenvalue weighted by atomic mass is 32.2. The van der Waals surface area contributed by atoms with Gasteiger partial charge in [-0.25, -0.2) is 0 Å². The van der Waals surface area contributed by atoms with Crippen LogP contribution in [0.25, 0.3) is 0 Å². The van der Waals surface area contributed by atoms with Crippen LogP contribution in [0.5, 0.6) is 0 Å². The average molecular weight is 217 g/mol. The molecule has 0 bridgehead atoms. The molecule has 0 aliphatic carbocycles. The van der Waals surface area contributed by atoms with Gasteiger partial charge in [0.2, 0.25) is 0 Å². The molecule has 2 N–H and O–H groups in total. The van der Waals surface area contributed by atoms with Crippen LogP contribution in [0.1, 0.15) is 34.1 Å². The fraction of sp³-hybridized carbons (Fsp3) is 1.00. The maximum Gasteiger partial charge on any atom is 0.0666 e. The van der Waals surface area contributed by atoms with Crippen LogP contribution in [-0.2, 0) is 4.74 Å². The maximum atomic E-state index is 6.11. The van der Waals surface area contributed by atoms with Crippen molar-refractivity contribution in [2.45, 2.75) is 51.5 Å². The lowest BCUT2D eigenvalue weighted by molar-refractivity contribution is 0.127. The molecule has 1 rings (SSSR count). The molecule has 3 heteroatoms. The fourth-order valence-electron chi connectivity index (χ4n) is 1.41. The van der Waals surface area contributed by atoms with Gasteiger partial charge in [-0.15, -0.1) is 0 Å². The lowest BCUT2D eigenvalue weighted by Crippen LogP contribution is -2.38. The molecule has 0 saturated carbocycles. The summed E-state index contributed by atoms with van der Waals surface area (Å²) in [5.74, 6) is 1.04. The van der Waals surface area contributed by atoms with Crippen LogP contribution in [0.4, 0.5) is 0 Å². The molecule has 14 heavy (non-hydrogen) atoms. The van der Waals surface area contributed by atoms with Crippen LogP contribution in [0.2, 0.25) is 0 Å². The van der Waals surface area contributed by atoms with E-state index in [2.05, 4.69) is 27.7 Å². The number of rotatable bonds is 3. The van der Waals surface area contributed by atoms with Crippen LogP contribution in [-0.4, -0.2) is 29.8 Å². The Labute approximate surface area is 92.0 Å². The second-order valence-corrected chi connectivity index (χ2v) is 6.48. The summed E-state index contributed by atoms with van der Waals surface area (Å²) in [6.45, 7) is 9.68. The Morgan fingerprint density at radius 3 is 2.57 bits per heavy atom. The van der Waals surface area contributed by atoms with Crippen LogP contribution >= 0.6 is 11.8 Å². The predicted molar refractivity (Wildman–Crippen MR) is 63.7 cm³/mol. The quantitative estimate of drug-likeness (QED) is 0.787. The number of nitrogens with two attached hydrogens (primary N) is 1. The van der Waals surface area contributed by atoms with Gasteiger partial charge < -0.3 is 10.5 Å². The van der Waals surface area contributed by atoms with Crippen molar-refractivity contribution in [3.8, 4) is 0 Å². The zero-order valence-corrected chi connectivity index (χ0v) is 10.6. The van der Waals surface area contributed by atoms with E-state index < -0.39 is 0 Å². The minimum atomic E-state index is 0.218. The summed E-state index contributed by atoms with van der Waals surface area (Å²) in [6.07, 6.45) is 1.59. The summed E-state index contributed by atoms with van der Waals surface area (Å²) in [7, 11) is 0. The normalized spacial score (nSPS) is 30.6. The van der Waals surface area contributed by atoms with Crippen molar-refractivity contribution < 1.29 is 4.74 Å². The molecule has 84 valence electrons. The van der Waals surface area contributed by atoms with E-state index in [-0.39, 0.29) is 11.5 Å². The van der Waals surface area contributed by atoms with E-state index in [1.54, 1.807) is 0 Å². The largest absolute Gasteiger partial charge is 0.377 e. The van der Waals surface area contributed by atoms with Gasteiger partial charge in [-0.2, -0.15) is 11.8 Å². The molecule has 3 unspecified atom stereocenters. The Balaban J connectivity index is 2.26. The predicted octanol–water partition coefficient (Wildman–Crippen LogP) is 2.27. The minimum Gasteiger partial charge on any atom is -0.377 e. The zero-order valence-electron chi connectivity index (χ0n) is 9.75. The van der Waals surface area contributed by atoms with Gasteiger partial charge in [0.15, 0.2) is 0 Å². The first kappa shape index (κ1) is 12.3. The summed E-state index contributed by atoms with van der Waals surface area (Å²) in [5, 5.41) is 0.656. The van der Waals surface area contributed by atoms with Crippen molar-refractivity contribution in [2.75, 3.05) is 12.4 Å². The molecule has 0 radical (unpaired) electrons. The number of hydrogen-bond donors (Lipinski definition) is 1. The molecule has 0 spiro atoms. The molecular formula is C11H23NOS. The van der Waals surface area contributed by atoms with Crippen molar-refractivity contribution in [1.29, 1.82) is 0 Å². The standard InChI is InChI=1S/C11H23NOS/c1-8-9(5-6-13-8)14-7-10(12)11(2,3)4/h8-10H,5-7,12H2,1-4H3. The van der Waals surface area contributed by atoms with Gasteiger partial charge in [-0.1, -0.05) is 20.8 Å². The number of thioether (sulfide) groups is 1. The summed E-state index contributed by atoms with van der Waals surface area (Å²) in [4.78, 5) is 0. The Morgan fingerprint density at radius 2 is 2.14 bits per heavy atom. The summed E-state index contributed by atoms with van der Waals surface area (Å²) in [5.41, 5.74) is 6.33. The second kappa shape index (κ2) is 4.86. The third-order valence-corrected chi connectivity index (χ3v) is 4.51. The smallest absolute Gasteiger partial charge is 0.0666 e. The van der Waals surface area contributed by atoms with E-state index in [0.717, 1.165) is 12.4 Å². The molecule has 1 aliphatic heterocycles. The van der Waals surface area contributed by atoms with Gasteiger partial charge in [0.1, 0.15) is 0 Å². The first-order valence-corrected chi connectivity index (χ1v) is 6.45. The van der Waals surface area contributed by atoms with Crippen molar-refractivity contribution in [3.63, 3.8) is 0 Å². The Bertz CT molecular complexity index is 177. The molecule has 0 amide bonds. The van der Waals surface area contributed by atoms with Crippen molar-refractivity contribution in [3.05, 3.63) is 0 Å². The van der Waals surface area contributed by atoms with Crippen LogP contribution < -0.4 is 5.73 Å². The molecule has 1 aliphatic rings. The van der Waals surface area contributed by atoms with E-state index in [1.807, 2.05) is 11.8 Å². The number of hydrogen-bond acceptors (Lipinski definition) is 3. The van der Waals surface area contributed by atoms with E-state index in [0.29, 0.717) is 11.4 Å². The Hall–Kier alpha value is 0.270. The molecule has 1 saturated heterocycles. The van der Waals surface area contributed by atoms with E-state index in [4.69, 9.17) is 10.5 Å². The molecule has 0 aromatic rings. The maximum absolute atomic E-state index is 6.11. The van der Waals surface area contributed by atoms with Gasteiger partial charge >= 0.3 is 0 Å². The molecule has 0 aromatic heterocycles. The van der Waals surface area contributed by atoms with Gasteiger partial charge in [0.25, 0.3) is 0 Å².